The van der Waals surface area contributed by atoms with Crippen LogP contribution in [0, 0.1) is 0 Å². The molecule has 6 nitrogen and oxygen atoms in total. The first-order chi connectivity index (χ1) is 9.27. The smallest absolute Gasteiger partial charge is 0.294 e. The molecule has 0 rings (SSSR count). The third-order valence-electron chi connectivity index (χ3n) is 1.78. The lowest BCUT2D eigenvalue weighted by Crippen LogP contribution is -2.65. The number of hydrogen-bond acceptors (Lipinski definition) is 6. The van der Waals surface area contributed by atoms with Crippen LogP contribution in [0.1, 0.15) is 0 Å². The molecule has 0 bridgehead atoms. The first-order valence-corrected chi connectivity index (χ1v) is 6.91. The molecule has 0 N–H and O–H groups in total. The standard InChI is InChI=1S/C5HF9O6S2/c6-2(7,1-15)20-3(8,4(9,10)21(13,16)17)5(11,12)22(14,18)19/h1H. The Bertz CT molecular complexity index is 608. The minimum atomic E-state index is -7.88. The van der Waals surface area contributed by atoms with Crippen molar-refractivity contribution >= 4 is 26.7 Å². The van der Waals surface area contributed by atoms with Gasteiger partial charge in [-0.15, -0.1) is 0 Å². The van der Waals surface area contributed by atoms with Crippen LogP contribution in [0.3, 0.4) is 0 Å². The van der Waals surface area contributed by atoms with E-state index >= 15 is 0 Å². The Morgan fingerprint density at radius 2 is 1.00 bits per heavy atom. The molecule has 0 saturated carbocycles. The van der Waals surface area contributed by atoms with Crippen LogP contribution in [0.25, 0.3) is 0 Å². The van der Waals surface area contributed by atoms with Gasteiger partial charge in [-0.1, -0.05) is 7.77 Å². The summed E-state index contributed by atoms with van der Waals surface area (Å²) in [4.78, 5) is 9.64. The van der Waals surface area contributed by atoms with Crippen LogP contribution >= 0.6 is 0 Å². The summed E-state index contributed by atoms with van der Waals surface area (Å²) in [6, 6.07) is 0. The van der Waals surface area contributed by atoms with Crippen LogP contribution in [-0.4, -0.2) is 45.6 Å². The number of carbonyl (C=O) groups excluding carboxylic acids is 1. The number of ether oxygens (including phenoxy) is 1. The Labute approximate surface area is 115 Å². The van der Waals surface area contributed by atoms with Crippen molar-refractivity contribution in [3.8, 4) is 0 Å². The molecule has 22 heavy (non-hydrogen) atoms. The van der Waals surface area contributed by atoms with Gasteiger partial charge in [-0.2, -0.15) is 47.6 Å². The highest BCUT2D eigenvalue weighted by molar-refractivity contribution is 7.88. The van der Waals surface area contributed by atoms with E-state index in [0.717, 1.165) is 0 Å². The molecule has 0 saturated heterocycles. The number of alkyl halides is 7. The maximum Gasteiger partial charge on any atom is 0.439 e. The fourth-order valence-electron chi connectivity index (χ4n) is 0.813. The highest BCUT2D eigenvalue weighted by atomic mass is 32.3. The van der Waals surface area contributed by atoms with E-state index in [1.807, 2.05) is 4.74 Å². The van der Waals surface area contributed by atoms with Crippen LogP contribution in [-0.2, 0) is 30.0 Å². The Morgan fingerprint density at radius 3 is 1.18 bits per heavy atom. The Kier molecular flexibility index (Phi) is 4.96. The van der Waals surface area contributed by atoms with Crippen LogP contribution in [0.2, 0.25) is 0 Å². The van der Waals surface area contributed by atoms with Gasteiger partial charge in [0.2, 0.25) is 6.29 Å². The van der Waals surface area contributed by atoms with E-state index in [9.17, 15) is 60.1 Å². The second kappa shape index (κ2) is 5.22. The number of aldehydes is 1. The SMILES string of the molecule is O=CC(F)(F)OC(F)(C(F)(F)S(=O)(=O)F)C(F)(F)S(=O)(=O)F. The molecule has 0 aliphatic carbocycles. The molecular formula is C5HF9O6S2. The van der Waals surface area contributed by atoms with Gasteiger partial charge >= 0.3 is 42.9 Å². The summed E-state index contributed by atoms with van der Waals surface area (Å²) < 4.78 is 155. The summed E-state index contributed by atoms with van der Waals surface area (Å²) in [5.41, 5.74) is 0. The van der Waals surface area contributed by atoms with Crippen molar-refractivity contribution in [1.29, 1.82) is 0 Å². The van der Waals surface area contributed by atoms with Crippen LogP contribution in [0.4, 0.5) is 38.5 Å². The van der Waals surface area contributed by atoms with Gasteiger partial charge < -0.3 is 0 Å². The minimum Gasteiger partial charge on any atom is -0.294 e. The van der Waals surface area contributed by atoms with Crippen molar-refractivity contribution in [2.75, 3.05) is 0 Å². The fourth-order valence-corrected chi connectivity index (χ4v) is 1.84. The van der Waals surface area contributed by atoms with Crippen LogP contribution in [0.15, 0.2) is 0 Å². The lowest BCUT2D eigenvalue weighted by atomic mass is 10.3. The van der Waals surface area contributed by atoms with Gasteiger partial charge in [0.05, 0.1) is 0 Å². The molecular weight excluding hydrogens is 391 g/mol. The van der Waals surface area contributed by atoms with Crippen LogP contribution < -0.4 is 0 Å². The van der Waals surface area contributed by atoms with Gasteiger partial charge in [0.15, 0.2) is 0 Å². The van der Waals surface area contributed by atoms with Crippen molar-refractivity contribution in [3.63, 3.8) is 0 Å². The lowest BCUT2D eigenvalue weighted by molar-refractivity contribution is -0.386. The zero-order chi connectivity index (χ0) is 18.4. The van der Waals surface area contributed by atoms with E-state index in [1.54, 1.807) is 0 Å². The maximum absolute atomic E-state index is 13.4. The molecule has 0 radical (unpaired) electrons. The Balaban J connectivity index is 6.69. The molecule has 0 aliphatic heterocycles. The van der Waals surface area contributed by atoms with E-state index < -0.39 is 49.2 Å². The molecule has 0 fully saturated rings. The third-order valence-corrected chi connectivity index (χ3v) is 3.53. The van der Waals surface area contributed by atoms with E-state index in [1.165, 1.54) is 0 Å². The van der Waals surface area contributed by atoms with Gasteiger partial charge in [-0.25, -0.2) is 0 Å². The summed E-state index contributed by atoms with van der Waals surface area (Å²) in [5, 5.41) is -14.7. The van der Waals surface area contributed by atoms with Crippen molar-refractivity contribution < 1.29 is 64.9 Å². The second-order valence-corrected chi connectivity index (χ2v) is 6.06. The third kappa shape index (κ3) is 3.14. The molecule has 0 unspecified atom stereocenters. The number of carbonyl (C=O) groups is 1. The van der Waals surface area contributed by atoms with Crippen LogP contribution in [0.5, 0.6) is 0 Å². The zero-order valence-electron chi connectivity index (χ0n) is 9.25. The van der Waals surface area contributed by atoms with Gasteiger partial charge in [0.1, 0.15) is 0 Å². The highest BCUT2D eigenvalue weighted by Gasteiger charge is 2.84. The first kappa shape index (κ1) is 20.9. The predicted octanol–water partition coefficient (Wildman–Crippen LogP) is 1.24. The lowest BCUT2D eigenvalue weighted by Gasteiger charge is -2.34. The monoisotopic (exact) mass is 392 g/mol. The van der Waals surface area contributed by atoms with E-state index in [4.69, 9.17) is 0 Å². The molecule has 0 amide bonds. The molecule has 0 atom stereocenters. The Morgan fingerprint density at radius 1 is 0.727 bits per heavy atom. The maximum atomic E-state index is 13.4. The van der Waals surface area contributed by atoms with E-state index in [-0.39, 0.29) is 0 Å². The van der Waals surface area contributed by atoms with Gasteiger partial charge in [0.25, 0.3) is 0 Å². The number of halogens is 9. The van der Waals surface area contributed by atoms with Crippen molar-refractivity contribution in [2.24, 2.45) is 0 Å². The molecule has 17 heteroatoms. The molecule has 0 spiro atoms. The van der Waals surface area contributed by atoms with E-state index in [0.29, 0.717) is 0 Å². The topological polar surface area (TPSA) is 94.6 Å². The number of hydrogen-bond donors (Lipinski definition) is 0. The summed E-state index contributed by atoms with van der Waals surface area (Å²) in [5.74, 6) is -7.33. The molecule has 0 aromatic heterocycles. The second-order valence-electron chi connectivity index (χ2n) is 3.29. The average Bonchev–Trinajstić information content (AvgIpc) is 2.24. The molecule has 0 heterocycles. The van der Waals surface area contributed by atoms with Crippen molar-refractivity contribution in [3.05, 3.63) is 0 Å². The largest absolute Gasteiger partial charge is 0.439 e. The summed E-state index contributed by atoms with van der Waals surface area (Å²) in [6.07, 6.45) is -7.96. The molecule has 0 aliphatic rings. The summed E-state index contributed by atoms with van der Waals surface area (Å²) >= 11 is 0. The fraction of sp³-hybridized carbons (Fsp3) is 0.800. The Hall–Kier alpha value is -1.10. The average molecular weight is 392 g/mol. The van der Waals surface area contributed by atoms with Crippen molar-refractivity contribution in [1.82, 2.24) is 0 Å². The van der Waals surface area contributed by atoms with E-state index in [2.05, 4.69) is 0 Å². The molecule has 0 aromatic rings. The zero-order valence-corrected chi connectivity index (χ0v) is 10.9. The molecule has 132 valence electrons. The summed E-state index contributed by atoms with van der Waals surface area (Å²) in [7, 11) is -15.8. The predicted molar refractivity (Wildman–Crippen MR) is 45.9 cm³/mol. The summed E-state index contributed by atoms with van der Waals surface area (Å²) in [6.45, 7) is 0. The van der Waals surface area contributed by atoms with Gasteiger partial charge in [-0.05, 0) is 0 Å². The van der Waals surface area contributed by atoms with Gasteiger partial charge in [0, 0.05) is 0 Å². The first-order valence-electron chi connectivity index (χ1n) is 4.14. The van der Waals surface area contributed by atoms with Crippen molar-refractivity contribution in [2.45, 2.75) is 22.5 Å². The minimum absolute atomic E-state index is 1.85. The molecule has 0 aromatic carbocycles. The van der Waals surface area contributed by atoms with Gasteiger partial charge in [-0.3, -0.25) is 9.53 Å². The normalized spacial score (nSPS) is 15.7. The highest BCUT2D eigenvalue weighted by Crippen LogP contribution is 2.53. The quantitative estimate of drug-likeness (QED) is 0.368. The number of rotatable bonds is 7.